The van der Waals surface area contributed by atoms with Gasteiger partial charge in [-0.2, -0.15) is 0 Å². The van der Waals surface area contributed by atoms with Crippen molar-refractivity contribution < 1.29 is 4.92 Å². The monoisotopic (exact) mass is 248 g/mol. The molecule has 0 amide bonds. The Kier molecular flexibility index (Phi) is 3.18. The third-order valence-electron chi connectivity index (χ3n) is 2.28. The Hall–Kier alpha value is -2.51. The highest BCUT2D eigenvalue weighted by molar-refractivity contribution is 5.54. The molecular formula is C10H12N6O2. The molecule has 2 heterocycles. The predicted molar refractivity (Wildman–Crippen MR) is 64.0 cm³/mol. The Morgan fingerprint density at radius 3 is 3.00 bits per heavy atom. The largest absolute Gasteiger partial charge is 0.357 e. The summed E-state index contributed by atoms with van der Waals surface area (Å²) in [6.07, 6.45) is 3.00. The van der Waals surface area contributed by atoms with E-state index < -0.39 is 4.92 Å². The second-order valence-corrected chi connectivity index (χ2v) is 3.74. The molecule has 0 atom stereocenters. The zero-order valence-corrected chi connectivity index (χ0v) is 9.99. The number of nitrogens with one attached hydrogen (secondary N) is 1. The smallest absolute Gasteiger partial charge is 0.330 e. The first-order valence-electron chi connectivity index (χ1n) is 5.26. The molecule has 0 spiro atoms. The number of hydrogen-bond donors (Lipinski definition) is 1. The van der Waals surface area contributed by atoms with Gasteiger partial charge in [0.25, 0.3) is 0 Å². The van der Waals surface area contributed by atoms with Crippen LogP contribution in [0, 0.1) is 17.0 Å². The van der Waals surface area contributed by atoms with Crippen LogP contribution in [0.4, 0.5) is 11.5 Å². The van der Waals surface area contributed by atoms with Gasteiger partial charge < -0.3 is 5.32 Å². The first-order chi connectivity index (χ1) is 8.56. The molecule has 8 heteroatoms. The second-order valence-electron chi connectivity index (χ2n) is 3.74. The number of aryl methyl sites for hydroxylation is 2. The van der Waals surface area contributed by atoms with Crippen molar-refractivity contribution in [1.29, 1.82) is 0 Å². The fraction of sp³-hybridized carbons (Fsp3) is 0.300. The molecule has 0 fully saturated rings. The van der Waals surface area contributed by atoms with Gasteiger partial charge in [0.2, 0.25) is 5.82 Å². The lowest BCUT2D eigenvalue weighted by Crippen LogP contribution is -2.05. The van der Waals surface area contributed by atoms with Crippen molar-refractivity contribution in [3.8, 4) is 0 Å². The Bertz CT molecular complexity index is 579. The first-order valence-corrected chi connectivity index (χ1v) is 5.26. The molecule has 0 radical (unpaired) electrons. The molecule has 18 heavy (non-hydrogen) atoms. The maximum absolute atomic E-state index is 10.8. The SMILES string of the molecule is Cc1nccc(CNc2nn(C)cc2[N+](=O)[O-])n1. The van der Waals surface area contributed by atoms with Gasteiger partial charge >= 0.3 is 5.69 Å². The van der Waals surface area contributed by atoms with E-state index in [0.29, 0.717) is 12.4 Å². The van der Waals surface area contributed by atoms with E-state index in [2.05, 4.69) is 20.4 Å². The number of aromatic nitrogens is 4. The minimum absolute atomic E-state index is 0.0525. The highest BCUT2D eigenvalue weighted by Gasteiger charge is 2.17. The molecule has 0 aliphatic rings. The van der Waals surface area contributed by atoms with Crippen LogP contribution in [0.25, 0.3) is 0 Å². The van der Waals surface area contributed by atoms with Crippen LogP contribution in [0.3, 0.4) is 0 Å². The van der Waals surface area contributed by atoms with Crippen LogP contribution in [0.1, 0.15) is 11.5 Å². The number of rotatable bonds is 4. The molecular weight excluding hydrogens is 236 g/mol. The molecule has 0 saturated heterocycles. The summed E-state index contributed by atoms with van der Waals surface area (Å²) in [5, 5.41) is 17.7. The van der Waals surface area contributed by atoms with Crippen molar-refractivity contribution in [2.75, 3.05) is 5.32 Å². The minimum Gasteiger partial charge on any atom is -0.357 e. The second kappa shape index (κ2) is 4.78. The van der Waals surface area contributed by atoms with Crippen LogP contribution in [0.15, 0.2) is 18.5 Å². The quantitative estimate of drug-likeness (QED) is 0.641. The number of nitro groups is 1. The normalized spacial score (nSPS) is 10.3. The van der Waals surface area contributed by atoms with Gasteiger partial charge in [0.1, 0.15) is 12.0 Å². The average molecular weight is 248 g/mol. The van der Waals surface area contributed by atoms with Gasteiger partial charge in [-0.05, 0) is 13.0 Å². The molecule has 0 aliphatic carbocycles. The summed E-state index contributed by atoms with van der Waals surface area (Å²) in [7, 11) is 1.63. The van der Waals surface area contributed by atoms with E-state index in [-0.39, 0.29) is 11.5 Å². The van der Waals surface area contributed by atoms with Gasteiger partial charge in [0.05, 0.1) is 17.2 Å². The highest BCUT2D eigenvalue weighted by atomic mass is 16.6. The Balaban J connectivity index is 2.13. The van der Waals surface area contributed by atoms with Crippen LogP contribution in [-0.2, 0) is 13.6 Å². The topological polar surface area (TPSA) is 98.8 Å². The Labute approximate surface area is 103 Å². The minimum atomic E-state index is -0.472. The highest BCUT2D eigenvalue weighted by Crippen LogP contribution is 2.21. The van der Waals surface area contributed by atoms with E-state index in [9.17, 15) is 10.1 Å². The number of nitrogens with zero attached hydrogens (tertiary/aromatic N) is 5. The molecule has 0 aliphatic heterocycles. The van der Waals surface area contributed by atoms with Crippen molar-refractivity contribution in [2.45, 2.75) is 13.5 Å². The Morgan fingerprint density at radius 2 is 2.33 bits per heavy atom. The molecule has 2 aromatic rings. The van der Waals surface area contributed by atoms with E-state index in [1.807, 2.05) is 0 Å². The number of hydrogen-bond acceptors (Lipinski definition) is 6. The molecule has 8 nitrogen and oxygen atoms in total. The fourth-order valence-electron chi connectivity index (χ4n) is 1.51. The van der Waals surface area contributed by atoms with Crippen LogP contribution in [0.2, 0.25) is 0 Å². The zero-order chi connectivity index (χ0) is 13.1. The van der Waals surface area contributed by atoms with E-state index in [1.54, 1.807) is 26.2 Å². The van der Waals surface area contributed by atoms with Crippen molar-refractivity contribution in [3.63, 3.8) is 0 Å². The van der Waals surface area contributed by atoms with Crippen LogP contribution < -0.4 is 5.32 Å². The van der Waals surface area contributed by atoms with Crippen LogP contribution in [-0.4, -0.2) is 24.7 Å². The lowest BCUT2D eigenvalue weighted by molar-refractivity contribution is -0.384. The fourth-order valence-corrected chi connectivity index (χ4v) is 1.51. The van der Waals surface area contributed by atoms with Gasteiger partial charge in [0.15, 0.2) is 0 Å². The molecule has 0 bridgehead atoms. The Morgan fingerprint density at radius 1 is 1.56 bits per heavy atom. The lowest BCUT2D eigenvalue weighted by atomic mass is 10.4. The van der Waals surface area contributed by atoms with Crippen LogP contribution >= 0.6 is 0 Å². The molecule has 0 unspecified atom stereocenters. The van der Waals surface area contributed by atoms with Gasteiger partial charge in [-0.25, -0.2) is 9.97 Å². The van der Waals surface area contributed by atoms with E-state index >= 15 is 0 Å². The third kappa shape index (κ3) is 2.59. The summed E-state index contributed by atoms with van der Waals surface area (Å²) in [6.45, 7) is 2.15. The van der Waals surface area contributed by atoms with E-state index in [1.165, 1.54) is 10.9 Å². The summed E-state index contributed by atoms with van der Waals surface area (Å²) in [4.78, 5) is 18.5. The third-order valence-corrected chi connectivity index (χ3v) is 2.28. The van der Waals surface area contributed by atoms with Crippen molar-refractivity contribution in [1.82, 2.24) is 19.7 Å². The summed E-state index contributed by atoms with van der Waals surface area (Å²) < 4.78 is 1.39. The molecule has 2 rings (SSSR count). The van der Waals surface area contributed by atoms with E-state index in [4.69, 9.17) is 0 Å². The average Bonchev–Trinajstić information content (AvgIpc) is 2.68. The predicted octanol–water partition coefficient (Wildman–Crippen LogP) is 1.04. The van der Waals surface area contributed by atoms with Gasteiger partial charge in [-0.15, -0.1) is 5.10 Å². The first kappa shape index (κ1) is 12.0. The molecule has 2 aromatic heterocycles. The van der Waals surface area contributed by atoms with Gasteiger partial charge in [-0.3, -0.25) is 14.8 Å². The summed E-state index contributed by atoms with van der Waals surface area (Å²) in [5.41, 5.74) is 0.700. The van der Waals surface area contributed by atoms with Crippen LogP contribution in [0.5, 0.6) is 0 Å². The maximum Gasteiger partial charge on any atom is 0.330 e. The summed E-state index contributed by atoms with van der Waals surface area (Å²) in [5.74, 6) is 0.892. The molecule has 0 aromatic carbocycles. The van der Waals surface area contributed by atoms with Gasteiger partial charge in [-0.1, -0.05) is 0 Å². The molecule has 1 N–H and O–H groups in total. The van der Waals surface area contributed by atoms with Crippen molar-refractivity contribution in [2.24, 2.45) is 7.05 Å². The zero-order valence-electron chi connectivity index (χ0n) is 9.99. The van der Waals surface area contributed by atoms with E-state index in [0.717, 1.165) is 5.69 Å². The lowest BCUT2D eigenvalue weighted by Gasteiger charge is -2.02. The van der Waals surface area contributed by atoms with Crippen molar-refractivity contribution >= 4 is 11.5 Å². The van der Waals surface area contributed by atoms with Crippen molar-refractivity contribution in [3.05, 3.63) is 40.1 Å². The maximum atomic E-state index is 10.8. The summed E-state index contributed by atoms with van der Waals surface area (Å²) in [6, 6.07) is 1.74. The molecule has 94 valence electrons. The number of anilines is 1. The molecule has 0 saturated carbocycles. The van der Waals surface area contributed by atoms with Gasteiger partial charge in [0, 0.05) is 13.2 Å². The standard InChI is InChI=1S/C10H12N6O2/c1-7-11-4-3-8(13-7)5-12-10-9(16(17)18)6-15(2)14-10/h3-4,6H,5H2,1-2H3,(H,12,14). The summed E-state index contributed by atoms with van der Waals surface area (Å²) >= 11 is 0.